The van der Waals surface area contributed by atoms with Crippen LogP contribution in [-0.4, -0.2) is 0 Å². The first-order chi connectivity index (χ1) is 17.6. The van der Waals surface area contributed by atoms with Gasteiger partial charge in [-0.25, -0.2) is 0 Å². The fourth-order valence-corrected chi connectivity index (χ4v) is 5.19. The smallest absolute Gasteiger partial charge is 0.00295 e. The van der Waals surface area contributed by atoms with Crippen LogP contribution in [0.1, 0.15) is 43.9 Å². The van der Waals surface area contributed by atoms with E-state index < -0.39 is 0 Å². The second kappa shape index (κ2) is 11.1. The third kappa shape index (κ3) is 4.32. The standard InChI is InChI=1S/C36H34/c1-7-13-17-26(10-4)35-30(12-6)31(16-8-2)36(33-19-15-14-18-32(33)35)28-23-22-27-21-20-25(9-3)29(11-5)34(27)24-28/h7,9-24H,3-5,8H2,1-2,6H3/b13-7-,26-17+,30-12+,31-16+. The molecule has 0 aromatic heterocycles. The lowest BCUT2D eigenvalue weighted by Crippen LogP contribution is -2.31. The molecule has 0 saturated heterocycles. The van der Waals surface area contributed by atoms with Gasteiger partial charge in [-0.15, -0.1) is 0 Å². The Morgan fingerprint density at radius 1 is 0.833 bits per heavy atom. The molecule has 0 aliphatic heterocycles. The highest BCUT2D eigenvalue weighted by Crippen LogP contribution is 2.33. The van der Waals surface area contributed by atoms with Gasteiger partial charge in [0.1, 0.15) is 0 Å². The first kappa shape index (κ1) is 24.9. The Balaban J connectivity index is 2.24. The van der Waals surface area contributed by atoms with Crippen LogP contribution in [0.3, 0.4) is 0 Å². The molecule has 0 aliphatic rings. The van der Waals surface area contributed by atoms with E-state index in [1.54, 1.807) is 0 Å². The highest BCUT2D eigenvalue weighted by molar-refractivity contribution is 6.06. The fourth-order valence-electron chi connectivity index (χ4n) is 5.19. The van der Waals surface area contributed by atoms with E-state index in [-0.39, 0.29) is 0 Å². The van der Waals surface area contributed by atoms with E-state index in [9.17, 15) is 0 Å². The van der Waals surface area contributed by atoms with Gasteiger partial charge in [0, 0.05) is 0 Å². The summed E-state index contributed by atoms with van der Waals surface area (Å²) in [6, 6.07) is 19.8. The molecule has 4 aromatic carbocycles. The van der Waals surface area contributed by atoms with Crippen molar-refractivity contribution in [2.45, 2.75) is 27.2 Å². The number of rotatable bonds is 7. The summed E-state index contributed by atoms with van der Waals surface area (Å²) in [5, 5.41) is 7.37. The molecule has 0 unspecified atom stereocenters. The van der Waals surface area contributed by atoms with Gasteiger partial charge in [0.25, 0.3) is 0 Å². The van der Waals surface area contributed by atoms with Crippen LogP contribution in [0, 0.1) is 0 Å². The van der Waals surface area contributed by atoms with Gasteiger partial charge in [-0.1, -0.05) is 124 Å². The molecule has 178 valence electrons. The minimum Gasteiger partial charge on any atom is -0.0984 e. The molecule has 0 heterocycles. The maximum atomic E-state index is 4.15. The van der Waals surface area contributed by atoms with Crippen LogP contribution in [0.4, 0.5) is 0 Å². The highest BCUT2D eigenvalue weighted by Gasteiger charge is 2.15. The molecule has 0 N–H and O–H groups in total. The zero-order valence-electron chi connectivity index (χ0n) is 21.6. The summed E-state index contributed by atoms with van der Waals surface area (Å²) in [6.07, 6.45) is 17.6. The Morgan fingerprint density at radius 2 is 1.58 bits per heavy atom. The van der Waals surface area contributed by atoms with E-state index in [0.29, 0.717) is 0 Å². The summed E-state index contributed by atoms with van der Waals surface area (Å²) in [5.74, 6) is 0. The zero-order valence-corrected chi connectivity index (χ0v) is 21.6. The monoisotopic (exact) mass is 466 g/mol. The minimum absolute atomic E-state index is 0.944. The lowest BCUT2D eigenvalue weighted by atomic mass is 9.86. The molecule has 0 bridgehead atoms. The number of hydrogen-bond acceptors (Lipinski definition) is 0. The van der Waals surface area contributed by atoms with Crippen molar-refractivity contribution in [1.29, 1.82) is 0 Å². The predicted molar refractivity (Wildman–Crippen MR) is 164 cm³/mol. The van der Waals surface area contributed by atoms with Gasteiger partial charge in [0.2, 0.25) is 0 Å². The second-order valence-electron chi connectivity index (χ2n) is 8.79. The summed E-state index contributed by atoms with van der Waals surface area (Å²) < 4.78 is 0. The fraction of sp³-hybridized carbons (Fsp3) is 0.111. The van der Waals surface area contributed by atoms with Crippen molar-refractivity contribution >= 4 is 51.4 Å². The van der Waals surface area contributed by atoms with E-state index in [1.165, 1.54) is 48.7 Å². The lowest BCUT2D eigenvalue weighted by Gasteiger charge is -2.17. The number of benzene rings is 4. The van der Waals surface area contributed by atoms with E-state index in [2.05, 4.69) is 119 Å². The molecule has 0 spiro atoms. The molecule has 0 nitrogen and oxygen atoms in total. The quantitative estimate of drug-likeness (QED) is 0.238. The summed E-state index contributed by atoms with van der Waals surface area (Å²) in [5.41, 5.74) is 7.04. The zero-order chi connectivity index (χ0) is 25.7. The summed E-state index contributed by atoms with van der Waals surface area (Å²) >= 11 is 0. The van der Waals surface area contributed by atoms with Gasteiger partial charge in [0.15, 0.2) is 0 Å². The largest absolute Gasteiger partial charge is 0.0984 e. The summed E-state index contributed by atoms with van der Waals surface area (Å²) in [7, 11) is 0. The summed E-state index contributed by atoms with van der Waals surface area (Å²) in [6.45, 7) is 18.6. The van der Waals surface area contributed by atoms with Crippen molar-refractivity contribution in [2.24, 2.45) is 0 Å². The van der Waals surface area contributed by atoms with Crippen molar-refractivity contribution in [3.05, 3.63) is 126 Å². The van der Waals surface area contributed by atoms with Crippen molar-refractivity contribution in [3.8, 4) is 11.1 Å². The van der Waals surface area contributed by atoms with Crippen LogP contribution in [0.25, 0.3) is 62.5 Å². The van der Waals surface area contributed by atoms with Gasteiger partial charge in [-0.05, 0) is 91.7 Å². The minimum atomic E-state index is 0.944. The molecule has 0 saturated carbocycles. The van der Waals surface area contributed by atoms with E-state index in [4.69, 9.17) is 0 Å². The van der Waals surface area contributed by atoms with Gasteiger partial charge in [-0.2, -0.15) is 0 Å². The van der Waals surface area contributed by atoms with Crippen LogP contribution >= 0.6 is 0 Å². The average molecular weight is 467 g/mol. The topological polar surface area (TPSA) is 0 Å². The Bertz CT molecular complexity index is 1670. The van der Waals surface area contributed by atoms with Crippen LogP contribution < -0.4 is 10.4 Å². The molecular formula is C36H34. The third-order valence-corrected chi connectivity index (χ3v) is 6.78. The Morgan fingerprint density at radius 3 is 2.22 bits per heavy atom. The van der Waals surface area contributed by atoms with Crippen molar-refractivity contribution in [3.63, 3.8) is 0 Å². The predicted octanol–water partition coefficient (Wildman–Crippen LogP) is 9.08. The molecule has 4 aromatic rings. The van der Waals surface area contributed by atoms with Gasteiger partial charge >= 0.3 is 0 Å². The molecule has 0 radical (unpaired) electrons. The number of allylic oxidation sites excluding steroid dienone is 5. The van der Waals surface area contributed by atoms with E-state index in [0.717, 1.165) is 23.1 Å². The van der Waals surface area contributed by atoms with Crippen LogP contribution in [0.15, 0.2) is 98.6 Å². The highest BCUT2D eigenvalue weighted by atomic mass is 14.2. The van der Waals surface area contributed by atoms with Crippen LogP contribution in [0.2, 0.25) is 0 Å². The number of hydrogen-bond donors (Lipinski definition) is 0. The average Bonchev–Trinajstić information content (AvgIpc) is 2.92. The normalized spacial score (nSPS) is 13.1. The maximum absolute atomic E-state index is 4.15. The molecule has 0 aliphatic carbocycles. The molecular weight excluding hydrogens is 432 g/mol. The molecule has 0 heteroatoms. The van der Waals surface area contributed by atoms with Crippen molar-refractivity contribution in [2.75, 3.05) is 0 Å². The molecule has 0 amide bonds. The molecule has 0 fully saturated rings. The summed E-state index contributed by atoms with van der Waals surface area (Å²) in [4.78, 5) is 0. The van der Waals surface area contributed by atoms with E-state index >= 15 is 0 Å². The Kier molecular flexibility index (Phi) is 7.66. The third-order valence-electron chi connectivity index (χ3n) is 6.78. The molecule has 0 atom stereocenters. The van der Waals surface area contributed by atoms with Gasteiger partial charge < -0.3 is 0 Å². The Labute approximate surface area is 215 Å². The van der Waals surface area contributed by atoms with Crippen LogP contribution in [0.5, 0.6) is 0 Å². The number of fused-ring (bicyclic) bond motifs is 2. The molecule has 36 heavy (non-hydrogen) atoms. The first-order valence-electron chi connectivity index (χ1n) is 12.6. The van der Waals surface area contributed by atoms with Crippen molar-refractivity contribution < 1.29 is 0 Å². The van der Waals surface area contributed by atoms with Gasteiger partial charge in [0.05, 0.1) is 0 Å². The van der Waals surface area contributed by atoms with Crippen LogP contribution in [-0.2, 0) is 0 Å². The lowest BCUT2D eigenvalue weighted by molar-refractivity contribution is 1.28. The Hall–Kier alpha value is -4.16. The maximum Gasteiger partial charge on any atom is -0.00295 e. The van der Waals surface area contributed by atoms with Crippen molar-refractivity contribution in [1.82, 2.24) is 0 Å². The first-order valence-corrected chi connectivity index (χ1v) is 12.6. The second-order valence-corrected chi connectivity index (χ2v) is 8.79. The molecule has 4 rings (SSSR count). The SMILES string of the molecule is C=C/C(=C\C=C/C)c1c(=C/C)/c(=C\CC)c(-c2ccc3ccc(C=C)c(C=C)c3c2)c2ccccc12. The van der Waals surface area contributed by atoms with Gasteiger partial charge in [-0.3, -0.25) is 0 Å². The van der Waals surface area contributed by atoms with E-state index in [1.807, 2.05) is 25.2 Å².